The molecule has 37 heavy (non-hydrogen) atoms. The van der Waals surface area contributed by atoms with Gasteiger partial charge in [-0.2, -0.15) is 0 Å². The van der Waals surface area contributed by atoms with Crippen LogP contribution in [0.5, 0.6) is 0 Å². The van der Waals surface area contributed by atoms with Crippen LogP contribution in [-0.4, -0.2) is 52.2 Å². The van der Waals surface area contributed by atoms with Crippen LogP contribution in [0.2, 0.25) is 0 Å². The summed E-state index contributed by atoms with van der Waals surface area (Å²) in [6.45, 7) is 8.81. The Morgan fingerprint density at radius 2 is 1.73 bits per heavy atom. The molecule has 0 spiro atoms. The Bertz CT molecular complexity index is 1090. The number of amides is 3. The van der Waals surface area contributed by atoms with Crippen molar-refractivity contribution in [1.29, 1.82) is 0 Å². The Hall–Kier alpha value is -3.39. The number of carbonyl (C=O) groups is 3. The number of hydrogen-bond donors (Lipinski definition) is 3. The summed E-state index contributed by atoms with van der Waals surface area (Å²) in [6, 6.07) is 12.9. The standard InChI is InChI=1S/C29H39N3O5/c1-19-14-15-22(16-20(19)2)25(26(34)30-17-21-10-7-6-8-11-21)32(23-12-9-13-23)27(35)24(18-33)31-28(36)37-29(3,4)5/h6-8,10-11,14-16,23-25,33H,9,12-13,17-18H2,1-5H3,(H,30,34)(H,31,36). The number of hydrogen-bond acceptors (Lipinski definition) is 5. The summed E-state index contributed by atoms with van der Waals surface area (Å²) in [5.41, 5.74) is 2.94. The third kappa shape index (κ3) is 7.55. The van der Waals surface area contributed by atoms with E-state index in [0.29, 0.717) is 12.1 Å². The molecule has 0 bridgehead atoms. The second-order valence-electron chi connectivity index (χ2n) is 10.7. The molecular formula is C29H39N3O5. The number of ether oxygens (including phenoxy) is 1. The molecule has 2 aromatic rings. The number of benzene rings is 2. The van der Waals surface area contributed by atoms with Gasteiger partial charge < -0.3 is 25.4 Å². The maximum Gasteiger partial charge on any atom is 0.408 e. The van der Waals surface area contributed by atoms with Gasteiger partial charge in [0.05, 0.1) is 6.61 Å². The first-order valence-electron chi connectivity index (χ1n) is 12.8. The fourth-order valence-electron chi connectivity index (χ4n) is 4.25. The number of aliphatic hydroxyl groups excluding tert-OH is 1. The molecule has 0 saturated heterocycles. The van der Waals surface area contributed by atoms with Crippen LogP contribution >= 0.6 is 0 Å². The van der Waals surface area contributed by atoms with Crippen LogP contribution in [0.1, 0.15) is 68.3 Å². The summed E-state index contributed by atoms with van der Waals surface area (Å²) in [6.07, 6.45) is 1.61. The van der Waals surface area contributed by atoms with Gasteiger partial charge in [0.25, 0.3) is 0 Å². The van der Waals surface area contributed by atoms with E-state index in [1.807, 2.05) is 62.4 Å². The zero-order valence-electron chi connectivity index (χ0n) is 22.4. The van der Waals surface area contributed by atoms with Crippen LogP contribution in [0, 0.1) is 13.8 Å². The Balaban J connectivity index is 1.94. The average molecular weight is 510 g/mol. The Morgan fingerprint density at radius 3 is 2.27 bits per heavy atom. The first-order chi connectivity index (χ1) is 17.5. The summed E-state index contributed by atoms with van der Waals surface area (Å²) >= 11 is 0. The van der Waals surface area contributed by atoms with Gasteiger partial charge in [-0.25, -0.2) is 4.79 Å². The summed E-state index contributed by atoms with van der Waals surface area (Å²) in [4.78, 5) is 41.6. The minimum absolute atomic E-state index is 0.184. The average Bonchev–Trinajstić information content (AvgIpc) is 2.81. The molecule has 2 atom stereocenters. The van der Waals surface area contributed by atoms with Gasteiger partial charge in [-0.15, -0.1) is 0 Å². The lowest BCUT2D eigenvalue weighted by Gasteiger charge is -2.43. The summed E-state index contributed by atoms with van der Waals surface area (Å²) < 4.78 is 5.30. The zero-order valence-corrected chi connectivity index (χ0v) is 22.4. The molecule has 8 heteroatoms. The maximum atomic E-state index is 13.9. The highest BCUT2D eigenvalue weighted by molar-refractivity contribution is 5.92. The molecule has 1 aliphatic rings. The van der Waals surface area contributed by atoms with Crippen molar-refractivity contribution in [2.24, 2.45) is 0 Å². The van der Waals surface area contributed by atoms with E-state index >= 15 is 0 Å². The van der Waals surface area contributed by atoms with Crippen molar-refractivity contribution >= 4 is 17.9 Å². The first kappa shape index (κ1) is 28.2. The van der Waals surface area contributed by atoms with Gasteiger partial charge in [-0.1, -0.05) is 48.5 Å². The lowest BCUT2D eigenvalue weighted by Crippen LogP contribution is -2.58. The monoisotopic (exact) mass is 509 g/mol. The van der Waals surface area contributed by atoms with Gasteiger partial charge in [0.15, 0.2) is 0 Å². The molecule has 3 rings (SSSR count). The van der Waals surface area contributed by atoms with Crippen LogP contribution in [0.15, 0.2) is 48.5 Å². The SMILES string of the molecule is Cc1ccc(C(C(=O)NCc2ccccc2)N(C(=O)C(CO)NC(=O)OC(C)(C)C)C2CCC2)cc1C. The van der Waals surface area contributed by atoms with Gasteiger partial charge in [0.2, 0.25) is 11.8 Å². The van der Waals surface area contributed by atoms with E-state index in [2.05, 4.69) is 10.6 Å². The van der Waals surface area contributed by atoms with E-state index in [-0.39, 0.29) is 11.9 Å². The van der Waals surface area contributed by atoms with Crippen molar-refractivity contribution in [3.63, 3.8) is 0 Å². The molecule has 2 unspecified atom stereocenters. The van der Waals surface area contributed by atoms with Crippen LogP contribution in [0.4, 0.5) is 4.79 Å². The molecule has 200 valence electrons. The largest absolute Gasteiger partial charge is 0.444 e. The van der Waals surface area contributed by atoms with Gasteiger partial charge in [0.1, 0.15) is 17.7 Å². The lowest BCUT2D eigenvalue weighted by atomic mass is 9.87. The minimum atomic E-state index is -1.24. The predicted octanol–water partition coefficient (Wildman–Crippen LogP) is 3.93. The van der Waals surface area contributed by atoms with Gasteiger partial charge in [0, 0.05) is 12.6 Å². The molecule has 3 N–H and O–H groups in total. The molecule has 3 amide bonds. The van der Waals surface area contributed by atoms with E-state index in [4.69, 9.17) is 4.74 Å². The van der Waals surface area contributed by atoms with E-state index < -0.39 is 36.3 Å². The third-order valence-electron chi connectivity index (χ3n) is 6.58. The van der Waals surface area contributed by atoms with Crippen molar-refractivity contribution in [2.45, 2.75) is 84.2 Å². The number of alkyl carbamates (subject to hydrolysis) is 1. The van der Waals surface area contributed by atoms with Crippen molar-refractivity contribution in [3.8, 4) is 0 Å². The smallest absolute Gasteiger partial charge is 0.408 e. The van der Waals surface area contributed by atoms with Gasteiger partial charge in [-0.05, 0) is 76.1 Å². The van der Waals surface area contributed by atoms with Crippen molar-refractivity contribution < 1.29 is 24.2 Å². The number of rotatable bonds is 9. The Morgan fingerprint density at radius 1 is 1.05 bits per heavy atom. The van der Waals surface area contributed by atoms with Crippen LogP contribution in [0.25, 0.3) is 0 Å². The topological polar surface area (TPSA) is 108 Å². The molecule has 0 aliphatic heterocycles. The van der Waals surface area contributed by atoms with Gasteiger partial charge >= 0.3 is 6.09 Å². The van der Waals surface area contributed by atoms with Crippen LogP contribution < -0.4 is 10.6 Å². The Kier molecular flexibility index (Phi) is 9.32. The van der Waals surface area contributed by atoms with Crippen molar-refractivity contribution in [1.82, 2.24) is 15.5 Å². The van der Waals surface area contributed by atoms with E-state index in [1.54, 1.807) is 25.7 Å². The molecule has 2 aromatic carbocycles. The van der Waals surface area contributed by atoms with E-state index in [1.165, 1.54) is 0 Å². The lowest BCUT2D eigenvalue weighted by molar-refractivity contribution is -0.148. The number of carbonyl (C=O) groups excluding carboxylic acids is 3. The van der Waals surface area contributed by atoms with Gasteiger partial charge in [-0.3, -0.25) is 9.59 Å². The van der Waals surface area contributed by atoms with E-state index in [9.17, 15) is 19.5 Å². The first-order valence-corrected chi connectivity index (χ1v) is 12.8. The van der Waals surface area contributed by atoms with E-state index in [0.717, 1.165) is 36.0 Å². The second-order valence-corrected chi connectivity index (χ2v) is 10.7. The number of aryl methyl sites for hydroxylation is 2. The highest BCUT2D eigenvalue weighted by Gasteiger charge is 2.42. The molecule has 0 aromatic heterocycles. The molecule has 8 nitrogen and oxygen atoms in total. The molecule has 1 saturated carbocycles. The molecule has 1 aliphatic carbocycles. The normalized spacial score (nSPS) is 15.2. The van der Waals surface area contributed by atoms with Crippen LogP contribution in [0.3, 0.4) is 0 Å². The summed E-state index contributed by atoms with van der Waals surface area (Å²) in [5.74, 6) is -0.836. The number of nitrogens with zero attached hydrogens (tertiary/aromatic N) is 1. The molecule has 1 fully saturated rings. The molecule has 0 radical (unpaired) electrons. The highest BCUT2D eigenvalue weighted by atomic mass is 16.6. The molecular weight excluding hydrogens is 470 g/mol. The number of aliphatic hydroxyl groups is 1. The third-order valence-corrected chi connectivity index (χ3v) is 6.58. The predicted molar refractivity (Wildman–Crippen MR) is 142 cm³/mol. The Labute approximate surface area is 219 Å². The zero-order chi connectivity index (χ0) is 27.2. The van der Waals surface area contributed by atoms with Crippen LogP contribution in [-0.2, 0) is 20.9 Å². The maximum absolute atomic E-state index is 13.9. The minimum Gasteiger partial charge on any atom is -0.444 e. The fraction of sp³-hybridized carbons (Fsp3) is 0.483. The second kappa shape index (κ2) is 12.2. The summed E-state index contributed by atoms with van der Waals surface area (Å²) in [5, 5.41) is 15.6. The summed E-state index contributed by atoms with van der Waals surface area (Å²) in [7, 11) is 0. The quantitative estimate of drug-likeness (QED) is 0.475. The highest BCUT2D eigenvalue weighted by Crippen LogP contribution is 2.34. The van der Waals surface area contributed by atoms with Crippen molar-refractivity contribution in [2.75, 3.05) is 6.61 Å². The number of nitrogens with one attached hydrogen (secondary N) is 2. The fourth-order valence-corrected chi connectivity index (χ4v) is 4.25. The molecule has 0 heterocycles. The van der Waals surface area contributed by atoms with Crippen molar-refractivity contribution in [3.05, 3.63) is 70.8 Å².